The molecule has 0 atom stereocenters. The molecular weight excluding hydrogens is 176 g/mol. The van der Waals surface area contributed by atoms with E-state index in [2.05, 4.69) is 9.97 Å². The molecule has 4 heteroatoms. The van der Waals surface area contributed by atoms with E-state index in [0.29, 0.717) is 0 Å². The Morgan fingerprint density at radius 1 is 1.42 bits per heavy atom. The Bertz CT molecular complexity index is 397. The number of imidazole rings is 1. The van der Waals surface area contributed by atoms with Gasteiger partial charge >= 0.3 is 0 Å². The quantitative estimate of drug-likeness (QED) is 0.658. The Hall–Kier alpha value is -1.22. The first-order valence-electron chi connectivity index (χ1n) is 3.41. The molecule has 0 amide bonds. The Kier molecular flexibility index (Phi) is 2.24. The summed E-state index contributed by atoms with van der Waals surface area (Å²) in [4.78, 5) is 7.22. The van der Waals surface area contributed by atoms with Crippen LogP contribution in [0.5, 0.6) is 5.75 Å². The molecule has 12 heavy (non-hydrogen) atoms. The molecule has 0 saturated carbocycles. The second-order valence-electron chi connectivity index (χ2n) is 2.52. The maximum atomic E-state index is 9.09. The highest BCUT2D eigenvalue weighted by Crippen LogP contribution is 2.16. The van der Waals surface area contributed by atoms with Crippen molar-refractivity contribution in [1.29, 1.82) is 0 Å². The van der Waals surface area contributed by atoms with Gasteiger partial charge in [0.2, 0.25) is 0 Å². The summed E-state index contributed by atoms with van der Waals surface area (Å²) in [7, 11) is 0. The fourth-order valence-corrected chi connectivity index (χ4v) is 1.13. The number of hydrogen-bond acceptors (Lipinski definition) is 2. The summed E-state index contributed by atoms with van der Waals surface area (Å²) in [5, 5.41) is 9.09. The molecule has 2 N–H and O–H groups in total. The molecule has 0 aliphatic heterocycles. The Morgan fingerprint density at radius 2 is 2.17 bits per heavy atom. The molecule has 3 nitrogen and oxygen atoms in total. The Morgan fingerprint density at radius 3 is 2.92 bits per heavy atom. The molecule has 64 valence electrons. The van der Waals surface area contributed by atoms with E-state index in [4.69, 9.17) is 5.11 Å². The van der Waals surface area contributed by atoms with Crippen molar-refractivity contribution in [2.45, 2.75) is 6.92 Å². The zero-order valence-corrected chi connectivity index (χ0v) is 7.35. The fraction of sp³-hybridized carbons (Fsp3) is 0.125. The number of fused-ring (bicyclic) bond motifs is 1. The van der Waals surface area contributed by atoms with E-state index >= 15 is 0 Å². The number of hydrogen-bond donors (Lipinski definition) is 2. The predicted molar refractivity (Wildman–Crippen MR) is 49.7 cm³/mol. The van der Waals surface area contributed by atoms with Gasteiger partial charge < -0.3 is 10.1 Å². The van der Waals surface area contributed by atoms with Crippen LogP contribution in [-0.2, 0) is 0 Å². The first-order chi connectivity index (χ1) is 5.25. The maximum Gasteiger partial charge on any atom is 0.117 e. The summed E-state index contributed by atoms with van der Waals surface area (Å²) in [6.07, 6.45) is 0. The molecule has 2 rings (SSSR count). The number of nitrogens with zero attached hydrogens (tertiary/aromatic N) is 1. The number of halogens is 1. The standard InChI is InChI=1S/C8H8N2O.ClH/c1-5-9-7-3-2-6(11)4-8(7)10-5;/h2-4,11H,1H3,(H,9,10);1H. The monoisotopic (exact) mass is 184 g/mol. The van der Waals surface area contributed by atoms with Crippen molar-refractivity contribution in [3.05, 3.63) is 24.0 Å². The summed E-state index contributed by atoms with van der Waals surface area (Å²) >= 11 is 0. The molecule has 1 aromatic heterocycles. The second kappa shape index (κ2) is 3.03. The van der Waals surface area contributed by atoms with Crippen molar-refractivity contribution in [2.24, 2.45) is 0 Å². The van der Waals surface area contributed by atoms with Crippen LogP contribution >= 0.6 is 12.4 Å². The summed E-state index contributed by atoms with van der Waals surface area (Å²) in [5.41, 5.74) is 1.77. The number of aryl methyl sites for hydroxylation is 1. The third-order valence-corrected chi connectivity index (χ3v) is 1.58. The smallest absolute Gasteiger partial charge is 0.117 e. The van der Waals surface area contributed by atoms with Crippen LogP contribution in [0, 0.1) is 6.92 Å². The molecule has 0 radical (unpaired) electrons. The van der Waals surface area contributed by atoms with E-state index in [1.807, 2.05) is 6.92 Å². The molecule has 0 spiro atoms. The fourth-order valence-electron chi connectivity index (χ4n) is 1.13. The van der Waals surface area contributed by atoms with Crippen LogP contribution in [0.3, 0.4) is 0 Å². The summed E-state index contributed by atoms with van der Waals surface area (Å²) in [6.45, 7) is 1.89. The van der Waals surface area contributed by atoms with Crippen molar-refractivity contribution in [2.75, 3.05) is 0 Å². The minimum atomic E-state index is 0. The number of phenols is 1. The van der Waals surface area contributed by atoms with Crippen molar-refractivity contribution in [1.82, 2.24) is 9.97 Å². The van der Waals surface area contributed by atoms with Gasteiger partial charge in [-0.1, -0.05) is 0 Å². The first-order valence-corrected chi connectivity index (χ1v) is 3.41. The molecule has 0 fully saturated rings. The lowest BCUT2D eigenvalue weighted by molar-refractivity contribution is 0.476. The molecule has 0 aliphatic rings. The van der Waals surface area contributed by atoms with Crippen LogP contribution in [0.1, 0.15) is 5.82 Å². The molecule has 1 aromatic carbocycles. The van der Waals surface area contributed by atoms with Gasteiger partial charge in [-0.05, 0) is 19.1 Å². The van der Waals surface area contributed by atoms with Gasteiger partial charge in [0, 0.05) is 6.07 Å². The van der Waals surface area contributed by atoms with Crippen molar-refractivity contribution in [3.63, 3.8) is 0 Å². The highest BCUT2D eigenvalue weighted by Gasteiger charge is 1.98. The topological polar surface area (TPSA) is 48.9 Å². The van der Waals surface area contributed by atoms with Crippen LogP contribution in [0.4, 0.5) is 0 Å². The maximum absolute atomic E-state index is 9.09. The Balaban J connectivity index is 0.000000720. The number of benzene rings is 1. The number of aromatic nitrogens is 2. The van der Waals surface area contributed by atoms with Gasteiger partial charge in [0.05, 0.1) is 11.0 Å². The lowest BCUT2D eigenvalue weighted by Gasteiger charge is -1.88. The summed E-state index contributed by atoms with van der Waals surface area (Å²) in [6, 6.07) is 5.08. The van der Waals surface area contributed by atoms with Gasteiger partial charge in [-0.25, -0.2) is 4.98 Å². The van der Waals surface area contributed by atoms with Crippen LogP contribution < -0.4 is 0 Å². The molecule has 0 unspecified atom stereocenters. The normalized spacial score (nSPS) is 9.75. The zero-order chi connectivity index (χ0) is 7.84. The van der Waals surface area contributed by atoms with Gasteiger partial charge in [-0.15, -0.1) is 12.4 Å². The zero-order valence-electron chi connectivity index (χ0n) is 6.53. The summed E-state index contributed by atoms with van der Waals surface area (Å²) in [5.74, 6) is 1.13. The number of nitrogens with one attached hydrogen (secondary N) is 1. The third-order valence-electron chi connectivity index (χ3n) is 1.58. The number of phenolic OH excluding ortho intramolecular Hbond substituents is 1. The van der Waals surface area contributed by atoms with Crippen LogP contribution in [0.2, 0.25) is 0 Å². The number of aromatic hydroxyl groups is 1. The minimum absolute atomic E-state index is 0. The third kappa shape index (κ3) is 1.36. The van der Waals surface area contributed by atoms with Gasteiger partial charge in [0.15, 0.2) is 0 Å². The van der Waals surface area contributed by atoms with E-state index in [-0.39, 0.29) is 18.2 Å². The molecule has 0 saturated heterocycles. The number of H-pyrrole nitrogens is 1. The average molecular weight is 185 g/mol. The molecule has 2 aromatic rings. The lowest BCUT2D eigenvalue weighted by atomic mass is 10.3. The summed E-state index contributed by atoms with van der Waals surface area (Å²) < 4.78 is 0. The highest BCUT2D eigenvalue weighted by molar-refractivity contribution is 5.85. The van der Waals surface area contributed by atoms with Crippen LogP contribution in [-0.4, -0.2) is 15.1 Å². The second-order valence-corrected chi connectivity index (χ2v) is 2.52. The highest BCUT2D eigenvalue weighted by atomic mass is 35.5. The molecular formula is C8H9ClN2O. The van der Waals surface area contributed by atoms with Crippen molar-refractivity contribution >= 4 is 23.4 Å². The van der Waals surface area contributed by atoms with Crippen LogP contribution in [0.15, 0.2) is 18.2 Å². The SMILES string of the molecule is Cc1nc2ccc(O)cc2[nH]1.Cl. The van der Waals surface area contributed by atoms with E-state index < -0.39 is 0 Å². The van der Waals surface area contributed by atoms with Gasteiger partial charge in [0.1, 0.15) is 11.6 Å². The van der Waals surface area contributed by atoms with Gasteiger partial charge in [-0.3, -0.25) is 0 Å². The van der Waals surface area contributed by atoms with Gasteiger partial charge in [0.25, 0.3) is 0 Å². The van der Waals surface area contributed by atoms with Gasteiger partial charge in [-0.2, -0.15) is 0 Å². The number of aromatic amines is 1. The first kappa shape index (κ1) is 8.87. The van der Waals surface area contributed by atoms with E-state index in [9.17, 15) is 0 Å². The molecule has 0 bridgehead atoms. The van der Waals surface area contributed by atoms with E-state index in [0.717, 1.165) is 16.9 Å². The minimum Gasteiger partial charge on any atom is -0.508 e. The van der Waals surface area contributed by atoms with Crippen molar-refractivity contribution in [3.8, 4) is 5.75 Å². The largest absolute Gasteiger partial charge is 0.508 e. The Labute approximate surface area is 75.9 Å². The molecule has 1 heterocycles. The van der Waals surface area contributed by atoms with Crippen molar-refractivity contribution < 1.29 is 5.11 Å². The predicted octanol–water partition coefficient (Wildman–Crippen LogP) is 2.00. The average Bonchev–Trinajstić information content (AvgIpc) is 2.27. The lowest BCUT2D eigenvalue weighted by Crippen LogP contribution is -1.68. The van der Waals surface area contributed by atoms with Crippen LogP contribution in [0.25, 0.3) is 11.0 Å². The number of rotatable bonds is 0. The van der Waals surface area contributed by atoms with E-state index in [1.165, 1.54) is 0 Å². The molecule has 0 aliphatic carbocycles. The van der Waals surface area contributed by atoms with E-state index in [1.54, 1.807) is 18.2 Å².